The van der Waals surface area contributed by atoms with Crippen LogP contribution < -0.4 is 5.90 Å². The Bertz CT molecular complexity index is 116. The zero-order valence-corrected chi connectivity index (χ0v) is 6.89. The molecule has 2 heteroatoms. The van der Waals surface area contributed by atoms with Crippen molar-refractivity contribution < 1.29 is 4.84 Å². The summed E-state index contributed by atoms with van der Waals surface area (Å²) in [5, 5.41) is 0. The highest BCUT2D eigenvalue weighted by Gasteiger charge is 2.33. The first-order chi connectivity index (χ1) is 4.69. The summed E-state index contributed by atoms with van der Waals surface area (Å²) in [6.45, 7) is 4.32. The molecular weight excluding hydrogens is 126 g/mol. The van der Waals surface area contributed by atoms with Crippen molar-refractivity contribution in [2.45, 2.75) is 45.1 Å². The fourth-order valence-corrected chi connectivity index (χ4v) is 1.65. The summed E-state index contributed by atoms with van der Waals surface area (Å²) >= 11 is 0. The fraction of sp³-hybridized carbons (Fsp3) is 1.00. The van der Waals surface area contributed by atoms with Gasteiger partial charge in [-0.05, 0) is 25.7 Å². The number of nitrogens with two attached hydrogens (primary N) is 1. The zero-order valence-electron chi connectivity index (χ0n) is 6.89. The highest BCUT2D eigenvalue weighted by atomic mass is 16.6. The Hall–Kier alpha value is -0.0800. The summed E-state index contributed by atoms with van der Waals surface area (Å²) in [5.74, 6) is 5.84. The van der Waals surface area contributed by atoms with E-state index in [1.807, 2.05) is 0 Å². The topological polar surface area (TPSA) is 35.2 Å². The molecule has 0 aromatic heterocycles. The normalized spacial score (nSPS) is 41.7. The van der Waals surface area contributed by atoms with Crippen molar-refractivity contribution in [1.29, 1.82) is 0 Å². The monoisotopic (exact) mass is 143 g/mol. The molecule has 0 heterocycles. The average molecular weight is 143 g/mol. The average Bonchev–Trinajstić information content (AvgIpc) is 1.96. The van der Waals surface area contributed by atoms with Crippen molar-refractivity contribution in [2.24, 2.45) is 11.8 Å². The lowest BCUT2D eigenvalue weighted by Gasteiger charge is -2.37. The predicted molar refractivity (Wildman–Crippen MR) is 41.3 cm³/mol. The minimum absolute atomic E-state index is 0.0434. The second-order valence-corrected chi connectivity index (χ2v) is 3.58. The van der Waals surface area contributed by atoms with E-state index >= 15 is 0 Å². The molecule has 2 unspecified atom stereocenters. The third-order valence-electron chi connectivity index (χ3n) is 2.87. The van der Waals surface area contributed by atoms with E-state index in [1.165, 1.54) is 19.3 Å². The van der Waals surface area contributed by atoms with Crippen LogP contribution in [0.4, 0.5) is 0 Å². The molecule has 0 radical (unpaired) electrons. The highest BCUT2D eigenvalue weighted by molar-refractivity contribution is 4.84. The van der Waals surface area contributed by atoms with Gasteiger partial charge in [-0.25, -0.2) is 5.90 Å². The first kappa shape index (κ1) is 8.02. The number of hydrogen-bond donors (Lipinski definition) is 1. The smallest absolute Gasteiger partial charge is 0.0891 e. The molecule has 1 saturated carbocycles. The van der Waals surface area contributed by atoms with Gasteiger partial charge >= 0.3 is 0 Å². The lowest BCUT2D eigenvalue weighted by Crippen LogP contribution is -2.41. The molecule has 2 atom stereocenters. The van der Waals surface area contributed by atoms with E-state index in [1.54, 1.807) is 0 Å². The van der Waals surface area contributed by atoms with Gasteiger partial charge in [0.25, 0.3) is 0 Å². The lowest BCUT2D eigenvalue weighted by atomic mass is 9.78. The summed E-state index contributed by atoms with van der Waals surface area (Å²) in [4.78, 5) is 4.99. The third kappa shape index (κ3) is 1.32. The molecule has 0 amide bonds. The molecule has 1 rings (SSSR count). The molecule has 1 fully saturated rings. The van der Waals surface area contributed by atoms with Gasteiger partial charge in [0, 0.05) is 0 Å². The van der Waals surface area contributed by atoms with Crippen molar-refractivity contribution in [2.75, 3.05) is 0 Å². The van der Waals surface area contributed by atoms with Crippen LogP contribution >= 0.6 is 0 Å². The Morgan fingerprint density at radius 2 is 2.20 bits per heavy atom. The Morgan fingerprint density at radius 3 is 2.60 bits per heavy atom. The van der Waals surface area contributed by atoms with E-state index in [2.05, 4.69) is 13.8 Å². The molecule has 1 aliphatic carbocycles. The van der Waals surface area contributed by atoms with Crippen LogP contribution in [0.2, 0.25) is 0 Å². The standard InChI is InChI=1S/C8H17NO/c1-7-5-3-4-6-8(7,2)10-9/h7H,3-6,9H2,1-2H3. The molecule has 2 N–H and O–H groups in total. The summed E-state index contributed by atoms with van der Waals surface area (Å²) in [6, 6.07) is 0. The van der Waals surface area contributed by atoms with Crippen molar-refractivity contribution in [3.05, 3.63) is 0 Å². The van der Waals surface area contributed by atoms with Gasteiger partial charge in [0.1, 0.15) is 0 Å². The van der Waals surface area contributed by atoms with Gasteiger partial charge in [-0.2, -0.15) is 0 Å². The molecule has 0 aromatic rings. The molecule has 60 valence electrons. The zero-order chi connectivity index (χ0) is 7.61. The molecular formula is C8H17NO. The minimum atomic E-state index is -0.0434. The van der Waals surface area contributed by atoms with Gasteiger partial charge in [-0.1, -0.05) is 19.8 Å². The molecule has 0 aliphatic heterocycles. The van der Waals surface area contributed by atoms with Crippen LogP contribution in [-0.2, 0) is 4.84 Å². The maximum absolute atomic E-state index is 5.23. The first-order valence-corrected chi connectivity index (χ1v) is 4.07. The molecule has 0 aromatic carbocycles. The van der Waals surface area contributed by atoms with Crippen molar-refractivity contribution in [3.8, 4) is 0 Å². The molecule has 1 aliphatic rings. The van der Waals surface area contributed by atoms with E-state index < -0.39 is 0 Å². The van der Waals surface area contributed by atoms with E-state index in [9.17, 15) is 0 Å². The second kappa shape index (κ2) is 2.89. The highest BCUT2D eigenvalue weighted by Crippen LogP contribution is 2.34. The summed E-state index contributed by atoms with van der Waals surface area (Å²) in [6.07, 6.45) is 4.97. The van der Waals surface area contributed by atoms with Crippen LogP contribution in [0.25, 0.3) is 0 Å². The van der Waals surface area contributed by atoms with Crippen molar-refractivity contribution in [1.82, 2.24) is 0 Å². The van der Waals surface area contributed by atoms with Crippen LogP contribution in [0, 0.1) is 5.92 Å². The van der Waals surface area contributed by atoms with Crippen LogP contribution in [0.5, 0.6) is 0 Å². The van der Waals surface area contributed by atoms with E-state index in [-0.39, 0.29) is 5.60 Å². The largest absolute Gasteiger partial charge is 0.298 e. The Labute approximate surface area is 62.7 Å². The predicted octanol–water partition coefficient (Wildman–Crippen LogP) is 1.85. The number of rotatable bonds is 1. The SMILES string of the molecule is CC1CCCCC1(C)ON. The maximum Gasteiger partial charge on any atom is 0.0891 e. The molecule has 0 bridgehead atoms. The van der Waals surface area contributed by atoms with Crippen molar-refractivity contribution >= 4 is 0 Å². The van der Waals surface area contributed by atoms with E-state index in [0.29, 0.717) is 5.92 Å². The molecule has 10 heavy (non-hydrogen) atoms. The van der Waals surface area contributed by atoms with E-state index in [4.69, 9.17) is 10.7 Å². The Balaban J connectivity index is 2.54. The van der Waals surface area contributed by atoms with Gasteiger partial charge in [-0.3, -0.25) is 4.84 Å². The third-order valence-corrected chi connectivity index (χ3v) is 2.87. The van der Waals surface area contributed by atoms with Gasteiger partial charge in [0.15, 0.2) is 0 Å². The van der Waals surface area contributed by atoms with Crippen molar-refractivity contribution in [3.63, 3.8) is 0 Å². The molecule has 2 nitrogen and oxygen atoms in total. The first-order valence-electron chi connectivity index (χ1n) is 4.07. The molecule has 0 saturated heterocycles. The lowest BCUT2D eigenvalue weighted by molar-refractivity contribution is -0.0926. The Morgan fingerprint density at radius 1 is 1.50 bits per heavy atom. The summed E-state index contributed by atoms with van der Waals surface area (Å²) in [7, 11) is 0. The minimum Gasteiger partial charge on any atom is -0.298 e. The maximum atomic E-state index is 5.23. The van der Waals surface area contributed by atoms with Crippen LogP contribution in [-0.4, -0.2) is 5.60 Å². The van der Waals surface area contributed by atoms with Gasteiger partial charge in [0.2, 0.25) is 0 Å². The van der Waals surface area contributed by atoms with Crippen LogP contribution in [0.1, 0.15) is 39.5 Å². The Kier molecular flexibility index (Phi) is 2.32. The van der Waals surface area contributed by atoms with Gasteiger partial charge in [0.05, 0.1) is 5.60 Å². The quantitative estimate of drug-likeness (QED) is 0.568. The summed E-state index contributed by atoms with van der Waals surface area (Å²) < 4.78 is 0. The van der Waals surface area contributed by atoms with Crippen LogP contribution in [0.3, 0.4) is 0 Å². The molecule has 0 spiro atoms. The van der Waals surface area contributed by atoms with E-state index in [0.717, 1.165) is 6.42 Å². The van der Waals surface area contributed by atoms with Gasteiger partial charge < -0.3 is 0 Å². The number of hydrogen-bond acceptors (Lipinski definition) is 2. The summed E-state index contributed by atoms with van der Waals surface area (Å²) in [5.41, 5.74) is -0.0434. The second-order valence-electron chi connectivity index (χ2n) is 3.58. The van der Waals surface area contributed by atoms with Crippen LogP contribution in [0.15, 0.2) is 0 Å². The van der Waals surface area contributed by atoms with Gasteiger partial charge in [-0.15, -0.1) is 0 Å². The fourth-order valence-electron chi connectivity index (χ4n) is 1.65.